The minimum Gasteiger partial charge on any atom is -0.423 e. The van der Waals surface area contributed by atoms with Crippen LogP contribution >= 0.6 is 11.3 Å². The third-order valence-electron chi connectivity index (χ3n) is 6.09. The molecule has 3 fully saturated rings. The molecular weight excluding hydrogens is 400 g/mol. The maximum absolute atomic E-state index is 6.36. The first-order valence-corrected chi connectivity index (χ1v) is 11.3. The van der Waals surface area contributed by atoms with Crippen molar-refractivity contribution in [1.82, 2.24) is 15.3 Å². The van der Waals surface area contributed by atoms with Gasteiger partial charge in [-0.2, -0.15) is 4.98 Å². The number of rotatable bonds is 7. The first kappa shape index (κ1) is 19.9. The molecule has 2 bridgehead atoms. The third-order valence-corrected chi connectivity index (χ3v) is 6.90. The summed E-state index contributed by atoms with van der Waals surface area (Å²) in [7, 11) is 1.71. The van der Waals surface area contributed by atoms with Crippen molar-refractivity contribution in [2.24, 2.45) is 0 Å². The number of thiazole rings is 1. The number of piperidine rings is 1. The van der Waals surface area contributed by atoms with Gasteiger partial charge in [0, 0.05) is 49.4 Å². The minimum atomic E-state index is -0.342. The van der Waals surface area contributed by atoms with E-state index >= 15 is 0 Å². The van der Waals surface area contributed by atoms with E-state index in [9.17, 15) is 0 Å². The van der Waals surface area contributed by atoms with E-state index in [2.05, 4.69) is 34.3 Å². The van der Waals surface area contributed by atoms with Crippen molar-refractivity contribution in [3.05, 3.63) is 29.3 Å². The molecule has 0 saturated carbocycles. The maximum atomic E-state index is 6.36. The average Bonchev–Trinajstić information content (AvgIpc) is 3.41. The lowest BCUT2D eigenvalue weighted by Crippen LogP contribution is -2.67. The summed E-state index contributed by atoms with van der Waals surface area (Å²) in [6.45, 7) is 8.44. The number of ether oxygens (including phenoxy) is 2. The van der Waals surface area contributed by atoms with Gasteiger partial charge in [0.25, 0.3) is 6.01 Å². The van der Waals surface area contributed by atoms with Crippen LogP contribution < -0.4 is 10.2 Å². The zero-order chi connectivity index (χ0) is 20.9. The van der Waals surface area contributed by atoms with Crippen LogP contribution in [0.25, 0.3) is 21.7 Å². The van der Waals surface area contributed by atoms with Crippen LogP contribution in [0.4, 0.5) is 6.01 Å². The Hall–Kier alpha value is -2.00. The lowest BCUT2D eigenvalue weighted by molar-refractivity contribution is -0.0717. The molecule has 3 aromatic rings. The highest BCUT2D eigenvalue weighted by atomic mass is 32.1. The Labute approximate surface area is 180 Å². The number of nitrogens with zero attached hydrogens (tertiary/aromatic N) is 3. The molecule has 0 radical (unpaired) electrons. The topological polar surface area (TPSA) is 72.7 Å². The van der Waals surface area contributed by atoms with Crippen LogP contribution in [0, 0.1) is 0 Å². The predicted octanol–water partition coefficient (Wildman–Crippen LogP) is 4.00. The molecule has 6 rings (SSSR count). The first-order chi connectivity index (χ1) is 14.4. The largest absolute Gasteiger partial charge is 0.423 e. The highest BCUT2D eigenvalue weighted by Crippen LogP contribution is 2.38. The van der Waals surface area contributed by atoms with E-state index in [1.165, 1.54) is 6.42 Å². The van der Waals surface area contributed by atoms with Gasteiger partial charge in [-0.15, -0.1) is 11.3 Å². The Morgan fingerprint density at radius 2 is 2.10 bits per heavy atom. The van der Waals surface area contributed by atoms with Crippen LogP contribution in [0.3, 0.4) is 0 Å². The van der Waals surface area contributed by atoms with Gasteiger partial charge in [0.1, 0.15) is 10.5 Å². The quantitative estimate of drug-likeness (QED) is 0.610. The van der Waals surface area contributed by atoms with Crippen LogP contribution in [0.1, 0.15) is 38.9 Å². The van der Waals surface area contributed by atoms with E-state index in [0.29, 0.717) is 24.7 Å². The predicted molar refractivity (Wildman–Crippen MR) is 118 cm³/mol. The molecule has 160 valence electrons. The maximum Gasteiger partial charge on any atom is 0.298 e. The smallest absolute Gasteiger partial charge is 0.298 e. The second kappa shape index (κ2) is 7.60. The zero-order valence-corrected chi connectivity index (χ0v) is 18.7. The first-order valence-electron chi connectivity index (χ1n) is 10.4. The normalized spacial score (nSPS) is 22.3. The molecule has 2 aromatic heterocycles. The van der Waals surface area contributed by atoms with Gasteiger partial charge in [0.2, 0.25) is 0 Å². The van der Waals surface area contributed by atoms with Crippen LogP contribution in [0.2, 0.25) is 0 Å². The van der Waals surface area contributed by atoms with Gasteiger partial charge in [-0.1, -0.05) is 6.07 Å². The second-order valence-corrected chi connectivity index (χ2v) is 9.73. The highest BCUT2D eigenvalue weighted by molar-refractivity contribution is 7.13. The number of oxazole rings is 1. The summed E-state index contributed by atoms with van der Waals surface area (Å²) in [6, 6.07) is 5.92. The number of methoxy groups -OCH3 is 1. The fourth-order valence-electron chi connectivity index (χ4n) is 4.15. The van der Waals surface area contributed by atoms with Gasteiger partial charge >= 0.3 is 0 Å². The molecule has 0 spiro atoms. The Morgan fingerprint density at radius 3 is 2.77 bits per heavy atom. The van der Waals surface area contributed by atoms with E-state index in [4.69, 9.17) is 18.9 Å². The van der Waals surface area contributed by atoms with E-state index in [-0.39, 0.29) is 11.7 Å². The van der Waals surface area contributed by atoms with Crippen molar-refractivity contribution in [2.75, 3.05) is 31.7 Å². The summed E-state index contributed by atoms with van der Waals surface area (Å²) in [5.74, 6) is 0. The van der Waals surface area contributed by atoms with Crippen molar-refractivity contribution < 1.29 is 13.9 Å². The van der Waals surface area contributed by atoms with Gasteiger partial charge in [-0.25, -0.2) is 4.98 Å². The monoisotopic (exact) mass is 428 g/mol. The minimum absolute atomic E-state index is 0.137. The van der Waals surface area contributed by atoms with Gasteiger partial charge in [-0.05, 0) is 33.3 Å². The van der Waals surface area contributed by atoms with Crippen molar-refractivity contribution >= 4 is 28.5 Å². The van der Waals surface area contributed by atoms with Crippen molar-refractivity contribution in [3.63, 3.8) is 0 Å². The molecule has 3 unspecified atom stereocenters. The number of benzene rings is 1. The zero-order valence-electron chi connectivity index (χ0n) is 17.8. The molecule has 3 aliphatic rings. The third kappa shape index (κ3) is 3.62. The Morgan fingerprint density at radius 1 is 1.33 bits per heavy atom. The summed E-state index contributed by atoms with van der Waals surface area (Å²) in [6.07, 6.45) is 2.92. The molecule has 3 atom stereocenters. The molecule has 30 heavy (non-hydrogen) atoms. The number of hydrogen-bond donors (Lipinski definition) is 1. The molecule has 1 N–H and O–H groups in total. The summed E-state index contributed by atoms with van der Waals surface area (Å²) < 4.78 is 18.0. The van der Waals surface area contributed by atoms with Crippen molar-refractivity contribution in [1.29, 1.82) is 0 Å². The van der Waals surface area contributed by atoms with Gasteiger partial charge in [0.05, 0.1) is 23.9 Å². The van der Waals surface area contributed by atoms with E-state index < -0.39 is 0 Å². The number of nitrogens with one attached hydrogen (secondary N) is 1. The van der Waals surface area contributed by atoms with Crippen LogP contribution in [-0.2, 0) is 9.47 Å². The average molecular weight is 429 g/mol. The lowest BCUT2D eigenvalue weighted by atomic mass is 9.92. The summed E-state index contributed by atoms with van der Waals surface area (Å²) in [4.78, 5) is 11.7. The Balaban J connectivity index is 1.52. The summed E-state index contributed by atoms with van der Waals surface area (Å²) in [5, 5.41) is 6.48. The number of fused-ring (bicyclic) bond motifs is 3. The van der Waals surface area contributed by atoms with Gasteiger partial charge in [-0.3, -0.25) is 0 Å². The number of anilines is 1. The van der Waals surface area contributed by atoms with Gasteiger partial charge in [0.15, 0.2) is 5.58 Å². The number of aromatic nitrogens is 2. The number of piperazine rings is 1. The molecule has 8 heteroatoms. The lowest BCUT2D eigenvalue weighted by Gasteiger charge is -2.47. The second-order valence-electron chi connectivity index (χ2n) is 8.83. The van der Waals surface area contributed by atoms with Crippen LogP contribution in [0.15, 0.2) is 28.1 Å². The molecular formula is C22H28N4O3S. The van der Waals surface area contributed by atoms with Crippen molar-refractivity contribution in [2.45, 2.75) is 51.0 Å². The molecule has 1 aromatic carbocycles. The van der Waals surface area contributed by atoms with E-state index in [0.717, 1.165) is 40.3 Å². The van der Waals surface area contributed by atoms with Crippen LogP contribution in [-0.4, -0.2) is 54.5 Å². The molecule has 7 nitrogen and oxygen atoms in total. The number of hydrogen-bond acceptors (Lipinski definition) is 8. The fraction of sp³-hybridized carbons (Fsp3) is 0.545. The highest BCUT2D eigenvalue weighted by Gasteiger charge is 2.38. The van der Waals surface area contributed by atoms with Gasteiger partial charge < -0.3 is 24.1 Å². The molecule has 0 aliphatic carbocycles. The summed E-state index contributed by atoms with van der Waals surface area (Å²) >= 11 is 1.60. The van der Waals surface area contributed by atoms with E-state index in [1.807, 2.05) is 25.4 Å². The van der Waals surface area contributed by atoms with Crippen molar-refractivity contribution in [3.8, 4) is 10.6 Å². The van der Waals surface area contributed by atoms with Crippen LogP contribution in [0.5, 0.6) is 0 Å². The fourth-order valence-corrected chi connectivity index (χ4v) is 4.81. The Kier molecular flexibility index (Phi) is 5.05. The molecule has 0 amide bonds. The molecule has 3 aliphatic heterocycles. The molecule has 3 saturated heterocycles. The molecule has 5 heterocycles. The SMILES string of the molecule is COC(C)(C)COC(C)c1ccc(-c2nccs2)c2oc(N3CC4CC(C3)N4)nc12. The van der Waals surface area contributed by atoms with E-state index in [1.54, 1.807) is 18.4 Å². The Bertz CT molecular complexity index is 1020. The standard InChI is InChI=1S/C22H28N4O3S/c1-13(28-12-22(2,3)27-4)16-5-6-17(20-23-7-8-30-20)19-18(16)25-21(29-19)26-10-14-9-15(11-26)24-14/h5-8,13-15,24H,9-12H2,1-4H3. The summed E-state index contributed by atoms with van der Waals surface area (Å²) in [5.41, 5.74) is 3.30.